The normalized spacial score (nSPS) is 18.1. The van der Waals surface area contributed by atoms with Crippen LogP contribution in [0.4, 0.5) is 0 Å². The molecule has 62 valence electrons. The van der Waals surface area contributed by atoms with Crippen molar-refractivity contribution in [1.82, 2.24) is 0 Å². The summed E-state index contributed by atoms with van der Waals surface area (Å²) < 4.78 is 0.386. The third-order valence-corrected chi connectivity index (χ3v) is 2.86. The summed E-state index contributed by atoms with van der Waals surface area (Å²) in [6.07, 6.45) is 5.42. The molecule has 11 heavy (non-hydrogen) atoms. The molecule has 0 unspecified atom stereocenters. The van der Waals surface area contributed by atoms with Crippen molar-refractivity contribution in [2.24, 2.45) is 0 Å². The zero-order valence-corrected chi connectivity index (χ0v) is 7.85. The number of carboxylic acid groups (broad SMARTS) is 1. The van der Waals surface area contributed by atoms with Gasteiger partial charge in [-0.15, -0.1) is 0 Å². The van der Waals surface area contributed by atoms with Crippen molar-refractivity contribution in [2.45, 2.75) is 32.1 Å². The molecule has 0 aromatic heterocycles. The standard InChI is InChI=1S/C8H11BrO2/c9-7(8(10)11)6-4-2-1-3-5-6/h1-5H2,(H,10,11). The highest BCUT2D eigenvalue weighted by Crippen LogP contribution is 2.28. The fourth-order valence-electron chi connectivity index (χ4n) is 1.35. The van der Waals surface area contributed by atoms with E-state index in [-0.39, 0.29) is 0 Å². The van der Waals surface area contributed by atoms with Crippen molar-refractivity contribution < 1.29 is 9.90 Å². The van der Waals surface area contributed by atoms with Gasteiger partial charge >= 0.3 is 5.97 Å². The Morgan fingerprint density at radius 2 is 1.82 bits per heavy atom. The Bertz CT molecular complexity index is 188. The molecule has 0 atom stereocenters. The van der Waals surface area contributed by atoms with Gasteiger partial charge in [-0.2, -0.15) is 0 Å². The molecule has 1 saturated carbocycles. The van der Waals surface area contributed by atoms with Crippen LogP contribution in [0.2, 0.25) is 0 Å². The molecule has 0 aliphatic heterocycles. The quantitative estimate of drug-likeness (QED) is 0.688. The van der Waals surface area contributed by atoms with Crippen molar-refractivity contribution >= 4 is 21.9 Å². The average molecular weight is 219 g/mol. The lowest BCUT2D eigenvalue weighted by molar-refractivity contribution is -0.131. The zero-order valence-electron chi connectivity index (χ0n) is 6.27. The summed E-state index contributed by atoms with van der Waals surface area (Å²) in [6.45, 7) is 0. The number of carbonyl (C=O) groups is 1. The Morgan fingerprint density at radius 3 is 2.27 bits per heavy atom. The topological polar surface area (TPSA) is 37.3 Å². The number of hydrogen-bond acceptors (Lipinski definition) is 1. The maximum absolute atomic E-state index is 10.5. The Morgan fingerprint density at radius 1 is 1.27 bits per heavy atom. The summed E-state index contributed by atoms with van der Waals surface area (Å²) in [6, 6.07) is 0. The summed E-state index contributed by atoms with van der Waals surface area (Å²) in [5, 5.41) is 8.63. The first kappa shape index (κ1) is 8.78. The minimum Gasteiger partial charge on any atom is -0.477 e. The smallest absolute Gasteiger partial charge is 0.342 e. The molecule has 1 aliphatic rings. The Balaban J connectivity index is 2.68. The van der Waals surface area contributed by atoms with E-state index in [9.17, 15) is 4.79 Å². The first-order valence-corrected chi connectivity index (χ1v) is 4.62. The molecule has 1 N–H and O–H groups in total. The number of hydrogen-bond donors (Lipinski definition) is 1. The summed E-state index contributed by atoms with van der Waals surface area (Å²) in [5.41, 5.74) is 1.07. The minimum atomic E-state index is -0.832. The van der Waals surface area contributed by atoms with E-state index < -0.39 is 5.97 Å². The number of allylic oxidation sites excluding steroid dienone is 1. The number of aliphatic carboxylic acids is 1. The van der Waals surface area contributed by atoms with Crippen LogP contribution < -0.4 is 0 Å². The van der Waals surface area contributed by atoms with Crippen LogP contribution in [0.3, 0.4) is 0 Å². The predicted octanol–water partition coefficient (Wildman–Crippen LogP) is 2.68. The van der Waals surface area contributed by atoms with Gasteiger partial charge in [0.1, 0.15) is 4.48 Å². The van der Waals surface area contributed by atoms with E-state index in [1.54, 1.807) is 0 Å². The highest BCUT2D eigenvalue weighted by Gasteiger charge is 2.13. The van der Waals surface area contributed by atoms with Gasteiger partial charge in [0.15, 0.2) is 0 Å². The molecular formula is C8H11BrO2. The van der Waals surface area contributed by atoms with E-state index in [1.165, 1.54) is 6.42 Å². The van der Waals surface area contributed by atoms with Crippen molar-refractivity contribution in [2.75, 3.05) is 0 Å². The molecule has 0 bridgehead atoms. The van der Waals surface area contributed by atoms with Crippen LogP contribution in [0, 0.1) is 0 Å². The van der Waals surface area contributed by atoms with Crippen LogP contribution in [0.25, 0.3) is 0 Å². The van der Waals surface area contributed by atoms with Crippen LogP contribution in [0.15, 0.2) is 10.1 Å². The molecule has 0 amide bonds. The SMILES string of the molecule is O=C(O)C(Br)=C1CCCCC1. The van der Waals surface area contributed by atoms with Crippen LogP contribution in [-0.2, 0) is 4.79 Å². The molecule has 0 saturated heterocycles. The Labute approximate surface area is 74.4 Å². The van der Waals surface area contributed by atoms with E-state index in [0.29, 0.717) is 4.48 Å². The third kappa shape index (κ3) is 2.33. The first-order valence-electron chi connectivity index (χ1n) is 3.82. The molecule has 1 rings (SSSR count). The molecule has 0 heterocycles. The van der Waals surface area contributed by atoms with Gasteiger partial charge in [0.2, 0.25) is 0 Å². The predicted molar refractivity (Wildman–Crippen MR) is 46.7 cm³/mol. The molecule has 0 spiro atoms. The molecule has 3 heteroatoms. The highest BCUT2D eigenvalue weighted by molar-refractivity contribution is 9.12. The van der Waals surface area contributed by atoms with Crippen molar-refractivity contribution in [3.05, 3.63) is 10.1 Å². The van der Waals surface area contributed by atoms with Gasteiger partial charge in [-0.25, -0.2) is 4.79 Å². The van der Waals surface area contributed by atoms with Gasteiger partial charge in [-0.05, 0) is 47.2 Å². The van der Waals surface area contributed by atoms with Crippen molar-refractivity contribution in [1.29, 1.82) is 0 Å². The second-order valence-corrected chi connectivity index (χ2v) is 3.58. The average Bonchev–Trinajstić information content (AvgIpc) is 2.05. The molecule has 0 radical (unpaired) electrons. The summed E-state index contributed by atoms with van der Waals surface area (Å²) in [4.78, 5) is 10.5. The van der Waals surface area contributed by atoms with Gasteiger partial charge in [0.05, 0.1) is 0 Å². The van der Waals surface area contributed by atoms with Crippen molar-refractivity contribution in [3.8, 4) is 0 Å². The van der Waals surface area contributed by atoms with Gasteiger partial charge < -0.3 is 5.11 Å². The first-order chi connectivity index (χ1) is 5.22. The summed E-state index contributed by atoms with van der Waals surface area (Å²) in [5.74, 6) is -0.832. The number of carboxylic acids is 1. The van der Waals surface area contributed by atoms with E-state index in [4.69, 9.17) is 5.11 Å². The number of rotatable bonds is 1. The van der Waals surface area contributed by atoms with Gasteiger partial charge in [-0.1, -0.05) is 6.42 Å². The van der Waals surface area contributed by atoms with E-state index in [1.807, 2.05) is 0 Å². The van der Waals surface area contributed by atoms with Crippen LogP contribution in [-0.4, -0.2) is 11.1 Å². The van der Waals surface area contributed by atoms with Crippen LogP contribution >= 0.6 is 15.9 Å². The van der Waals surface area contributed by atoms with Crippen LogP contribution in [0.1, 0.15) is 32.1 Å². The van der Waals surface area contributed by atoms with Gasteiger partial charge in [-0.3, -0.25) is 0 Å². The van der Waals surface area contributed by atoms with Crippen molar-refractivity contribution in [3.63, 3.8) is 0 Å². The van der Waals surface area contributed by atoms with E-state index in [2.05, 4.69) is 15.9 Å². The van der Waals surface area contributed by atoms with Gasteiger partial charge in [0.25, 0.3) is 0 Å². The Hall–Kier alpha value is -0.310. The highest BCUT2D eigenvalue weighted by atomic mass is 79.9. The second kappa shape index (κ2) is 3.90. The van der Waals surface area contributed by atoms with E-state index >= 15 is 0 Å². The summed E-state index contributed by atoms with van der Waals surface area (Å²) in [7, 11) is 0. The molecule has 1 fully saturated rings. The zero-order chi connectivity index (χ0) is 8.27. The van der Waals surface area contributed by atoms with Gasteiger partial charge in [0, 0.05) is 0 Å². The molecular weight excluding hydrogens is 208 g/mol. The third-order valence-electron chi connectivity index (χ3n) is 1.96. The monoisotopic (exact) mass is 218 g/mol. The second-order valence-electron chi connectivity index (χ2n) is 2.78. The fourth-order valence-corrected chi connectivity index (χ4v) is 1.75. The lowest BCUT2D eigenvalue weighted by atomic mass is 9.95. The van der Waals surface area contributed by atoms with Crippen LogP contribution in [0.5, 0.6) is 0 Å². The maximum atomic E-state index is 10.5. The molecule has 0 aromatic carbocycles. The lowest BCUT2D eigenvalue weighted by Crippen LogP contribution is -2.02. The number of halogens is 1. The molecule has 2 nitrogen and oxygen atoms in total. The molecule has 0 aromatic rings. The van der Waals surface area contributed by atoms with E-state index in [0.717, 1.165) is 31.3 Å². The minimum absolute atomic E-state index is 0.386. The summed E-state index contributed by atoms with van der Waals surface area (Å²) >= 11 is 3.08. The largest absolute Gasteiger partial charge is 0.477 e. The fraction of sp³-hybridized carbons (Fsp3) is 0.625. The maximum Gasteiger partial charge on any atom is 0.342 e. The Kier molecular flexibility index (Phi) is 3.12. The molecule has 1 aliphatic carbocycles. The lowest BCUT2D eigenvalue weighted by Gasteiger charge is -2.13.